The van der Waals surface area contributed by atoms with Gasteiger partial charge in [-0.25, -0.2) is 9.79 Å². The van der Waals surface area contributed by atoms with Crippen molar-refractivity contribution in [3.63, 3.8) is 0 Å². The number of nitrogens with zero attached hydrogens (tertiary/aromatic N) is 1. The number of carbonyl (C=O) groups excluding carboxylic acids is 1. The number of hydrogen-bond donors (Lipinski definition) is 3. The van der Waals surface area contributed by atoms with Crippen LogP contribution in [0.5, 0.6) is 5.75 Å². The van der Waals surface area contributed by atoms with E-state index in [1.54, 1.807) is 7.11 Å². The zero-order valence-electron chi connectivity index (χ0n) is 18.1. The number of benzene rings is 2. The van der Waals surface area contributed by atoms with E-state index in [0.717, 1.165) is 30.0 Å². The van der Waals surface area contributed by atoms with Crippen molar-refractivity contribution in [3.8, 4) is 5.75 Å². The first kappa shape index (κ1) is 26.5. The summed E-state index contributed by atoms with van der Waals surface area (Å²) in [6.07, 6.45) is 0.343. The van der Waals surface area contributed by atoms with Crippen molar-refractivity contribution in [1.82, 2.24) is 5.32 Å². The Morgan fingerprint density at radius 1 is 1.00 bits per heavy atom. The van der Waals surface area contributed by atoms with Crippen molar-refractivity contribution in [2.45, 2.75) is 19.9 Å². The van der Waals surface area contributed by atoms with E-state index in [1.165, 1.54) is 7.11 Å². The van der Waals surface area contributed by atoms with E-state index in [2.05, 4.69) is 25.7 Å². The lowest BCUT2D eigenvalue weighted by atomic mass is 10.2. The fraction of sp³-hybridized carbons (Fsp3) is 0.364. The molecule has 1 amide bonds. The molecule has 9 heteroatoms. The molecule has 170 valence electrons. The van der Waals surface area contributed by atoms with Crippen LogP contribution in [0.15, 0.2) is 53.5 Å². The van der Waals surface area contributed by atoms with Crippen LogP contribution in [-0.4, -0.2) is 46.0 Å². The van der Waals surface area contributed by atoms with Gasteiger partial charge in [-0.15, -0.1) is 24.0 Å². The molecule has 31 heavy (non-hydrogen) atoms. The summed E-state index contributed by atoms with van der Waals surface area (Å²) in [7, 11) is 3.01. The minimum atomic E-state index is -0.496. The second kappa shape index (κ2) is 15.3. The standard InChI is InChI=1S/C22H30N4O4.HI/c1-4-23-21(24-16-17-9-11-18(12-10-17)26-22(27)29-3)25-19-7-5-8-20(15-19)30-14-6-13-28-2;/h5,7-12,15H,4,6,13-14,16H2,1-3H3,(H,26,27)(H2,23,24,25);1H. The molecule has 3 N–H and O–H groups in total. The van der Waals surface area contributed by atoms with Crippen LogP contribution >= 0.6 is 24.0 Å². The molecule has 0 aromatic heterocycles. The summed E-state index contributed by atoms with van der Waals surface area (Å²) < 4.78 is 15.4. The predicted molar refractivity (Wildman–Crippen MR) is 135 cm³/mol. The number of amides is 1. The first-order chi connectivity index (χ1) is 14.6. The second-order valence-electron chi connectivity index (χ2n) is 6.36. The van der Waals surface area contributed by atoms with Crippen LogP contribution in [0.1, 0.15) is 18.9 Å². The van der Waals surface area contributed by atoms with Crippen molar-refractivity contribution in [2.75, 3.05) is 44.6 Å². The summed E-state index contributed by atoms with van der Waals surface area (Å²) in [5.74, 6) is 1.46. The largest absolute Gasteiger partial charge is 0.493 e. The molecule has 0 atom stereocenters. The third kappa shape index (κ3) is 10.4. The monoisotopic (exact) mass is 542 g/mol. The number of carbonyl (C=O) groups is 1. The van der Waals surface area contributed by atoms with Gasteiger partial charge in [-0.1, -0.05) is 18.2 Å². The van der Waals surface area contributed by atoms with Gasteiger partial charge in [0.25, 0.3) is 0 Å². The fourth-order valence-electron chi connectivity index (χ4n) is 2.53. The Morgan fingerprint density at radius 3 is 2.45 bits per heavy atom. The zero-order chi connectivity index (χ0) is 21.6. The molecule has 2 aromatic rings. The average molecular weight is 542 g/mol. The molecule has 0 saturated carbocycles. The highest BCUT2D eigenvalue weighted by molar-refractivity contribution is 14.0. The van der Waals surface area contributed by atoms with Gasteiger partial charge < -0.3 is 24.8 Å². The van der Waals surface area contributed by atoms with E-state index in [0.29, 0.717) is 31.4 Å². The topological polar surface area (TPSA) is 93.2 Å². The van der Waals surface area contributed by atoms with E-state index < -0.39 is 6.09 Å². The third-order valence-electron chi connectivity index (χ3n) is 4.01. The number of hydrogen-bond acceptors (Lipinski definition) is 5. The number of ether oxygens (including phenoxy) is 3. The number of anilines is 2. The van der Waals surface area contributed by atoms with E-state index in [1.807, 2.05) is 55.5 Å². The van der Waals surface area contributed by atoms with Gasteiger partial charge in [-0.05, 0) is 36.8 Å². The summed E-state index contributed by atoms with van der Waals surface area (Å²) in [4.78, 5) is 15.9. The van der Waals surface area contributed by atoms with E-state index in [9.17, 15) is 4.79 Å². The van der Waals surface area contributed by atoms with Gasteiger partial charge in [0.05, 0.1) is 20.3 Å². The normalized spacial score (nSPS) is 10.6. The molecule has 0 radical (unpaired) electrons. The molecule has 0 fully saturated rings. The zero-order valence-corrected chi connectivity index (χ0v) is 20.5. The number of halogens is 1. The predicted octanol–water partition coefficient (Wildman–Crippen LogP) is 4.48. The number of nitrogens with one attached hydrogen (secondary N) is 3. The summed E-state index contributed by atoms with van der Waals surface area (Å²) in [5.41, 5.74) is 2.57. The van der Waals surface area contributed by atoms with Gasteiger partial charge in [-0.3, -0.25) is 5.32 Å². The Labute approximate surface area is 200 Å². The highest BCUT2D eigenvalue weighted by atomic mass is 127. The lowest BCUT2D eigenvalue weighted by Gasteiger charge is -2.13. The first-order valence-electron chi connectivity index (χ1n) is 9.85. The Hall–Kier alpha value is -2.53. The lowest BCUT2D eigenvalue weighted by molar-refractivity contribution is 0.172. The molecule has 0 aliphatic heterocycles. The minimum Gasteiger partial charge on any atom is -0.493 e. The van der Waals surface area contributed by atoms with E-state index >= 15 is 0 Å². The molecule has 8 nitrogen and oxygen atoms in total. The Morgan fingerprint density at radius 2 is 1.77 bits per heavy atom. The number of aliphatic imine (C=N–C) groups is 1. The van der Waals surface area contributed by atoms with Crippen molar-refractivity contribution >= 4 is 47.4 Å². The van der Waals surface area contributed by atoms with Crippen LogP contribution in [-0.2, 0) is 16.0 Å². The van der Waals surface area contributed by atoms with Crippen molar-refractivity contribution in [1.29, 1.82) is 0 Å². The van der Waals surface area contributed by atoms with Crippen LogP contribution in [0.25, 0.3) is 0 Å². The lowest BCUT2D eigenvalue weighted by Crippen LogP contribution is -2.30. The van der Waals surface area contributed by atoms with Crippen LogP contribution in [0, 0.1) is 0 Å². The molecule has 2 rings (SSSR count). The molecule has 2 aromatic carbocycles. The molecule has 0 spiro atoms. The summed E-state index contributed by atoms with van der Waals surface area (Å²) in [6.45, 7) is 4.52. The van der Waals surface area contributed by atoms with Crippen LogP contribution in [0.2, 0.25) is 0 Å². The number of methoxy groups -OCH3 is 2. The van der Waals surface area contributed by atoms with E-state index in [4.69, 9.17) is 9.47 Å². The first-order valence-corrected chi connectivity index (χ1v) is 9.85. The van der Waals surface area contributed by atoms with Gasteiger partial charge >= 0.3 is 6.09 Å². The van der Waals surface area contributed by atoms with Gasteiger partial charge in [0.2, 0.25) is 0 Å². The summed E-state index contributed by atoms with van der Waals surface area (Å²) in [6, 6.07) is 15.2. The summed E-state index contributed by atoms with van der Waals surface area (Å²) >= 11 is 0. The maximum Gasteiger partial charge on any atom is 0.411 e. The molecule has 0 aliphatic carbocycles. The van der Waals surface area contributed by atoms with Crippen LogP contribution in [0.3, 0.4) is 0 Å². The van der Waals surface area contributed by atoms with Crippen LogP contribution in [0.4, 0.5) is 16.2 Å². The van der Waals surface area contributed by atoms with E-state index in [-0.39, 0.29) is 24.0 Å². The Kier molecular flexibility index (Phi) is 13.1. The molecule has 0 bridgehead atoms. The van der Waals surface area contributed by atoms with Gasteiger partial charge in [0, 0.05) is 44.1 Å². The van der Waals surface area contributed by atoms with Crippen LogP contribution < -0.4 is 20.7 Å². The fourth-order valence-corrected chi connectivity index (χ4v) is 2.53. The van der Waals surface area contributed by atoms with Crippen molar-refractivity contribution < 1.29 is 19.0 Å². The maximum absolute atomic E-state index is 11.3. The minimum absolute atomic E-state index is 0. The molecule has 0 heterocycles. The average Bonchev–Trinajstić information content (AvgIpc) is 2.76. The van der Waals surface area contributed by atoms with Gasteiger partial charge in [0.15, 0.2) is 5.96 Å². The maximum atomic E-state index is 11.3. The second-order valence-corrected chi connectivity index (χ2v) is 6.36. The van der Waals surface area contributed by atoms with Crippen molar-refractivity contribution in [3.05, 3.63) is 54.1 Å². The molecular formula is C22H31IN4O4. The number of guanidine groups is 1. The highest BCUT2D eigenvalue weighted by Gasteiger charge is 2.03. The molecular weight excluding hydrogens is 511 g/mol. The molecule has 0 unspecified atom stereocenters. The quantitative estimate of drug-likeness (QED) is 0.178. The Balaban J connectivity index is 0.00000480. The number of rotatable bonds is 10. The molecule has 0 aliphatic rings. The molecule has 0 saturated heterocycles. The van der Waals surface area contributed by atoms with Crippen molar-refractivity contribution in [2.24, 2.45) is 4.99 Å². The summed E-state index contributed by atoms with van der Waals surface area (Å²) in [5, 5.41) is 9.15. The third-order valence-corrected chi connectivity index (χ3v) is 4.01. The van der Waals surface area contributed by atoms with Gasteiger partial charge in [-0.2, -0.15) is 0 Å². The SMILES string of the molecule is CCNC(=NCc1ccc(NC(=O)OC)cc1)Nc1cccc(OCCCOC)c1.I. The smallest absolute Gasteiger partial charge is 0.411 e. The van der Waals surface area contributed by atoms with Gasteiger partial charge in [0.1, 0.15) is 5.75 Å². The Bertz CT molecular complexity index is 815. The highest BCUT2D eigenvalue weighted by Crippen LogP contribution is 2.18.